The van der Waals surface area contributed by atoms with Crippen molar-refractivity contribution in [3.63, 3.8) is 0 Å². The van der Waals surface area contributed by atoms with Gasteiger partial charge in [0.1, 0.15) is 5.76 Å². The van der Waals surface area contributed by atoms with E-state index in [1.165, 1.54) is 16.3 Å². The van der Waals surface area contributed by atoms with E-state index in [0.717, 1.165) is 19.4 Å². The minimum absolute atomic E-state index is 0.0780. The van der Waals surface area contributed by atoms with Gasteiger partial charge in [-0.2, -0.15) is 0 Å². The number of ether oxygens (including phenoxy) is 3. The summed E-state index contributed by atoms with van der Waals surface area (Å²) in [6, 6.07) is 6.89. The number of thioether (sulfide) groups is 1. The number of hydrogen-bond acceptors (Lipinski definition) is 8. The van der Waals surface area contributed by atoms with E-state index in [2.05, 4.69) is 10.3 Å². The van der Waals surface area contributed by atoms with Gasteiger partial charge in [-0.15, -0.1) is 0 Å². The molecule has 31 heavy (non-hydrogen) atoms. The first-order chi connectivity index (χ1) is 15.2. The number of hydrogen-bond donors (Lipinski definition) is 1. The van der Waals surface area contributed by atoms with Gasteiger partial charge in [-0.25, -0.2) is 4.98 Å². The van der Waals surface area contributed by atoms with E-state index in [4.69, 9.17) is 18.6 Å². The van der Waals surface area contributed by atoms with Gasteiger partial charge in [0, 0.05) is 19.2 Å². The zero-order valence-corrected chi connectivity index (χ0v) is 17.5. The predicted octanol–water partition coefficient (Wildman–Crippen LogP) is 2.15. The zero-order chi connectivity index (χ0) is 21.2. The maximum absolute atomic E-state index is 13.3. The second-order valence-electron chi connectivity index (χ2n) is 7.32. The van der Waals surface area contributed by atoms with Crippen LogP contribution >= 0.6 is 11.8 Å². The molecular weight excluding hydrogens is 422 g/mol. The average Bonchev–Trinajstić information content (AvgIpc) is 3.54. The van der Waals surface area contributed by atoms with Gasteiger partial charge in [0.15, 0.2) is 16.7 Å². The Morgan fingerprint density at radius 3 is 2.94 bits per heavy atom. The Morgan fingerprint density at radius 1 is 1.29 bits per heavy atom. The quantitative estimate of drug-likeness (QED) is 0.438. The van der Waals surface area contributed by atoms with Crippen LogP contribution in [0.4, 0.5) is 0 Å². The van der Waals surface area contributed by atoms with Crippen LogP contribution in [-0.4, -0.2) is 47.3 Å². The summed E-state index contributed by atoms with van der Waals surface area (Å²) in [5.41, 5.74) is 0.258. The van der Waals surface area contributed by atoms with E-state index in [0.29, 0.717) is 39.9 Å². The smallest absolute Gasteiger partial charge is 0.262 e. The minimum atomic E-state index is -0.234. The van der Waals surface area contributed by atoms with Crippen LogP contribution in [0, 0.1) is 0 Å². The van der Waals surface area contributed by atoms with Gasteiger partial charge in [-0.1, -0.05) is 11.8 Å². The molecule has 4 heterocycles. The lowest BCUT2D eigenvalue weighted by Gasteiger charge is -2.13. The van der Waals surface area contributed by atoms with Crippen molar-refractivity contribution in [3.8, 4) is 11.5 Å². The molecule has 3 aromatic rings. The molecule has 1 N–H and O–H groups in total. The molecule has 1 amide bonds. The maximum Gasteiger partial charge on any atom is 0.262 e. The summed E-state index contributed by atoms with van der Waals surface area (Å²) in [5.74, 6) is 1.69. The topological polar surface area (TPSA) is 105 Å². The van der Waals surface area contributed by atoms with Gasteiger partial charge in [0.2, 0.25) is 12.7 Å². The lowest BCUT2D eigenvalue weighted by molar-refractivity contribution is -0.119. The fourth-order valence-electron chi connectivity index (χ4n) is 3.61. The number of fused-ring (bicyclic) bond motifs is 2. The minimum Gasteiger partial charge on any atom is -0.467 e. The molecule has 2 aliphatic heterocycles. The van der Waals surface area contributed by atoms with Crippen LogP contribution in [0.3, 0.4) is 0 Å². The fraction of sp³-hybridized carbons (Fsp3) is 0.381. The Labute approximate surface area is 181 Å². The third-order valence-electron chi connectivity index (χ3n) is 5.19. The standard InChI is InChI=1S/C21H21N3O6S/c25-19(22-9-13-3-1-5-27-13)11-31-21-23-16-8-18-17(29-12-30-18)7-15(16)20(26)24(21)10-14-4-2-6-28-14/h2,4,6-8,13H,1,3,5,9-12H2,(H,22,25)/t13-/m1/s1. The molecule has 0 aliphatic carbocycles. The molecule has 1 atom stereocenters. The largest absolute Gasteiger partial charge is 0.467 e. The van der Waals surface area contributed by atoms with E-state index >= 15 is 0 Å². The lowest BCUT2D eigenvalue weighted by atomic mass is 10.2. The van der Waals surface area contributed by atoms with Crippen molar-refractivity contribution in [2.24, 2.45) is 0 Å². The Morgan fingerprint density at radius 2 is 2.16 bits per heavy atom. The van der Waals surface area contributed by atoms with Crippen LogP contribution in [0.1, 0.15) is 18.6 Å². The lowest BCUT2D eigenvalue weighted by Crippen LogP contribution is -2.33. The normalized spacial score (nSPS) is 17.4. The summed E-state index contributed by atoms with van der Waals surface area (Å²) >= 11 is 1.21. The highest BCUT2D eigenvalue weighted by Crippen LogP contribution is 2.35. The second-order valence-corrected chi connectivity index (χ2v) is 8.26. The molecule has 5 rings (SSSR count). The van der Waals surface area contributed by atoms with Crippen LogP contribution < -0.4 is 20.3 Å². The first-order valence-corrected chi connectivity index (χ1v) is 11.0. The van der Waals surface area contributed by atoms with Crippen LogP contribution in [-0.2, 0) is 16.1 Å². The number of aromatic nitrogens is 2. The van der Waals surface area contributed by atoms with Crippen LogP contribution in [0.2, 0.25) is 0 Å². The molecule has 0 saturated carbocycles. The average molecular weight is 443 g/mol. The Balaban J connectivity index is 1.41. The van der Waals surface area contributed by atoms with Gasteiger partial charge in [-0.3, -0.25) is 14.2 Å². The van der Waals surface area contributed by atoms with Crippen molar-refractivity contribution >= 4 is 28.6 Å². The number of nitrogens with zero attached hydrogens (tertiary/aromatic N) is 2. The van der Waals surface area contributed by atoms with Crippen molar-refractivity contribution < 1.29 is 23.4 Å². The van der Waals surface area contributed by atoms with Crippen molar-refractivity contribution in [2.45, 2.75) is 30.6 Å². The van der Waals surface area contributed by atoms with E-state index in [1.54, 1.807) is 30.5 Å². The van der Waals surface area contributed by atoms with Crippen LogP contribution in [0.5, 0.6) is 11.5 Å². The van der Waals surface area contributed by atoms with E-state index < -0.39 is 0 Å². The number of carbonyl (C=O) groups excluding carboxylic acids is 1. The number of carbonyl (C=O) groups is 1. The van der Waals surface area contributed by atoms with E-state index in [1.807, 2.05) is 0 Å². The van der Waals surface area contributed by atoms with E-state index in [-0.39, 0.29) is 36.7 Å². The van der Waals surface area contributed by atoms with Gasteiger partial charge in [-0.05, 0) is 31.0 Å². The summed E-state index contributed by atoms with van der Waals surface area (Å²) < 4.78 is 23.3. The number of nitrogens with one attached hydrogen (secondary N) is 1. The summed E-state index contributed by atoms with van der Waals surface area (Å²) in [6.07, 6.45) is 3.61. The molecule has 2 aromatic heterocycles. The van der Waals surface area contributed by atoms with Crippen molar-refractivity contribution in [1.82, 2.24) is 14.9 Å². The first kappa shape index (κ1) is 20.0. The molecule has 2 aliphatic rings. The highest BCUT2D eigenvalue weighted by atomic mass is 32.2. The Kier molecular flexibility index (Phi) is 5.56. The summed E-state index contributed by atoms with van der Waals surface area (Å²) in [6.45, 7) is 1.56. The SMILES string of the molecule is O=C(CSc1nc2cc3c(cc2c(=O)n1Cc1ccco1)OCO3)NC[C@H]1CCCO1. The molecule has 1 saturated heterocycles. The molecule has 1 fully saturated rings. The molecule has 9 nitrogen and oxygen atoms in total. The Hall–Kier alpha value is -2.98. The molecular formula is C21H21N3O6S. The third kappa shape index (κ3) is 4.26. The third-order valence-corrected chi connectivity index (χ3v) is 6.17. The van der Waals surface area contributed by atoms with Gasteiger partial charge in [0.25, 0.3) is 5.56 Å². The molecule has 162 valence electrons. The number of furan rings is 1. The second kappa shape index (κ2) is 8.64. The van der Waals surface area contributed by atoms with E-state index in [9.17, 15) is 9.59 Å². The molecule has 0 unspecified atom stereocenters. The maximum atomic E-state index is 13.3. The fourth-order valence-corrected chi connectivity index (χ4v) is 4.44. The van der Waals surface area contributed by atoms with Gasteiger partial charge < -0.3 is 23.9 Å². The Bertz CT molecular complexity index is 1150. The van der Waals surface area contributed by atoms with Crippen LogP contribution in [0.15, 0.2) is 44.9 Å². The highest BCUT2D eigenvalue weighted by molar-refractivity contribution is 7.99. The number of amides is 1. The monoisotopic (exact) mass is 443 g/mol. The van der Waals surface area contributed by atoms with Crippen molar-refractivity contribution in [1.29, 1.82) is 0 Å². The van der Waals surface area contributed by atoms with Gasteiger partial charge in [0.05, 0.1) is 35.6 Å². The summed E-state index contributed by atoms with van der Waals surface area (Å²) in [7, 11) is 0. The molecule has 0 bridgehead atoms. The predicted molar refractivity (Wildman–Crippen MR) is 113 cm³/mol. The number of benzene rings is 1. The molecule has 1 aromatic carbocycles. The first-order valence-electron chi connectivity index (χ1n) is 10.0. The summed E-state index contributed by atoms with van der Waals surface area (Å²) in [5, 5.41) is 3.74. The summed E-state index contributed by atoms with van der Waals surface area (Å²) in [4.78, 5) is 30.3. The molecule has 0 spiro atoms. The zero-order valence-electron chi connectivity index (χ0n) is 16.7. The molecule has 0 radical (unpaired) electrons. The highest BCUT2D eigenvalue weighted by Gasteiger charge is 2.21. The number of rotatable bonds is 7. The van der Waals surface area contributed by atoms with Crippen LogP contribution in [0.25, 0.3) is 10.9 Å². The van der Waals surface area contributed by atoms with Crippen molar-refractivity contribution in [3.05, 3.63) is 46.6 Å². The van der Waals surface area contributed by atoms with Crippen molar-refractivity contribution in [2.75, 3.05) is 25.7 Å². The van der Waals surface area contributed by atoms with Gasteiger partial charge >= 0.3 is 0 Å². The molecule has 10 heteroatoms.